The molecule has 2 aromatic rings. The van der Waals surface area contributed by atoms with E-state index in [2.05, 4.69) is 0 Å². The molecule has 0 spiro atoms. The van der Waals surface area contributed by atoms with E-state index < -0.39 is 5.97 Å². The van der Waals surface area contributed by atoms with Gasteiger partial charge in [0.25, 0.3) is 0 Å². The fraction of sp³-hybridized carbons (Fsp3) is 0.263. The number of amides is 1. The lowest BCUT2D eigenvalue weighted by Gasteiger charge is -2.21. The maximum absolute atomic E-state index is 12.8. The number of nitrogens with zero attached hydrogens (tertiary/aromatic N) is 1. The van der Waals surface area contributed by atoms with Crippen molar-refractivity contribution in [3.8, 4) is 5.75 Å². The van der Waals surface area contributed by atoms with Crippen molar-refractivity contribution in [1.82, 2.24) is 0 Å². The van der Waals surface area contributed by atoms with Crippen LogP contribution in [0, 0.1) is 5.92 Å². The van der Waals surface area contributed by atoms with Gasteiger partial charge in [-0.15, -0.1) is 0 Å². The van der Waals surface area contributed by atoms with E-state index in [1.807, 2.05) is 30.3 Å². The number of hydrogen-bond acceptors (Lipinski definition) is 3. The molecule has 1 aliphatic carbocycles. The van der Waals surface area contributed by atoms with Gasteiger partial charge in [0.2, 0.25) is 5.91 Å². The number of carbonyl (C=O) groups is 2. The Bertz CT molecular complexity index is 727. The van der Waals surface area contributed by atoms with Crippen LogP contribution >= 0.6 is 0 Å². The van der Waals surface area contributed by atoms with Crippen molar-refractivity contribution in [2.24, 2.45) is 5.92 Å². The Kier molecular flexibility index (Phi) is 4.51. The zero-order chi connectivity index (χ0) is 17.1. The minimum Gasteiger partial charge on any atom is -0.497 e. The number of anilines is 1. The van der Waals surface area contributed by atoms with Crippen molar-refractivity contribution in [2.45, 2.75) is 12.3 Å². The Morgan fingerprint density at radius 3 is 2.38 bits per heavy atom. The topological polar surface area (TPSA) is 66.8 Å². The number of carbonyl (C=O) groups excluding carboxylic acids is 1. The number of carboxylic acids is 1. The molecule has 1 saturated carbocycles. The first-order chi connectivity index (χ1) is 11.6. The Labute approximate surface area is 140 Å². The molecule has 3 rings (SSSR count). The SMILES string of the molecule is COc1ccc([C@@H]2C[C@H]2C(=O)N(CC(=O)O)c2ccccc2)cc1. The van der Waals surface area contributed by atoms with Crippen LogP contribution in [-0.4, -0.2) is 30.6 Å². The summed E-state index contributed by atoms with van der Waals surface area (Å²) in [5.74, 6) is -0.404. The molecule has 0 saturated heterocycles. The summed E-state index contributed by atoms with van der Waals surface area (Å²) in [6, 6.07) is 16.6. The van der Waals surface area contributed by atoms with Gasteiger partial charge in [-0.1, -0.05) is 30.3 Å². The van der Waals surface area contributed by atoms with Gasteiger partial charge in [0.1, 0.15) is 12.3 Å². The van der Waals surface area contributed by atoms with Crippen LogP contribution in [0.2, 0.25) is 0 Å². The number of para-hydroxylation sites is 1. The first-order valence-corrected chi connectivity index (χ1v) is 7.82. The molecule has 24 heavy (non-hydrogen) atoms. The monoisotopic (exact) mass is 325 g/mol. The summed E-state index contributed by atoms with van der Waals surface area (Å²) in [5.41, 5.74) is 1.70. The quantitative estimate of drug-likeness (QED) is 0.887. The Balaban J connectivity index is 1.75. The minimum atomic E-state index is -1.02. The van der Waals surface area contributed by atoms with Crippen LogP contribution < -0.4 is 9.64 Å². The zero-order valence-electron chi connectivity index (χ0n) is 13.4. The van der Waals surface area contributed by atoms with Crippen LogP contribution in [0.4, 0.5) is 5.69 Å². The van der Waals surface area contributed by atoms with Crippen LogP contribution in [0.5, 0.6) is 5.75 Å². The van der Waals surface area contributed by atoms with E-state index in [9.17, 15) is 9.59 Å². The van der Waals surface area contributed by atoms with Crippen molar-refractivity contribution in [2.75, 3.05) is 18.6 Å². The molecule has 5 heteroatoms. The number of methoxy groups -OCH3 is 1. The fourth-order valence-corrected chi connectivity index (χ4v) is 2.93. The molecule has 2 atom stereocenters. The highest BCUT2D eigenvalue weighted by atomic mass is 16.5. The lowest BCUT2D eigenvalue weighted by molar-refractivity contribution is -0.136. The van der Waals surface area contributed by atoms with Gasteiger partial charge in [0.05, 0.1) is 7.11 Å². The van der Waals surface area contributed by atoms with Crippen LogP contribution in [0.15, 0.2) is 54.6 Å². The van der Waals surface area contributed by atoms with Crippen molar-refractivity contribution >= 4 is 17.6 Å². The molecular formula is C19H19NO4. The van der Waals surface area contributed by atoms with Gasteiger partial charge in [-0.25, -0.2) is 0 Å². The van der Waals surface area contributed by atoms with Crippen molar-refractivity contribution in [3.63, 3.8) is 0 Å². The number of rotatable bonds is 6. The van der Waals surface area contributed by atoms with Crippen LogP contribution in [0.25, 0.3) is 0 Å². The predicted molar refractivity (Wildman–Crippen MR) is 90.3 cm³/mol. The third kappa shape index (κ3) is 3.40. The molecule has 124 valence electrons. The summed E-state index contributed by atoms with van der Waals surface area (Å²) in [5, 5.41) is 9.13. The largest absolute Gasteiger partial charge is 0.497 e. The molecule has 0 unspecified atom stereocenters. The zero-order valence-corrected chi connectivity index (χ0v) is 13.4. The smallest absolute Gasteiger partial charge is 0.323 e. The second-order valence-corrected chi connectivity index (χ2v) is 5.88. The maximum atomic E-state index is 12.8. The number of benzene rings is 2. The van der Waals surface area contributed by atoms with E-state index in [1.54, 1.807) is 31.4 Å². The third-order valence-electron chi connectivity index (χ3n) is 4.28. The molecule has 5 nitrogen and oxygen atoms in total. The maximum Gasteiger partial charge on any atom is 0.323 e. The molecule has 0 aromatic heterocycles. The summed E-state index contributed by atoms with van der Waals surface area (Å²) >= 11 is 0. The van der Waals surface area contributed by atoms with Crippen molar-refractivity contribution in [1.29, 1.82) is 0 Å². The molecule has 1 N–H and O–H groups in total. The first kappa shape index (κ1) is 16.1. The second kappa shape index (κ2) is 6.74. The molecule has 1 fully saturated rings. The van der Waals surface area contributed by atoms with Gasteiger partial charge in [-0.2, -0.15) is 0 Å². The highest BCUT2D eigenvalue weighted by Gasteiger charge is 2.46. The Hall–Kier alpha value is -2.82. The molecule has 0 aliphatic heterocycles. The van der Waals surface area contributed by atoms with Gasteiger partial charge in [-0.05, 0) is 42.2 Å². The lowest BCUT2D eigenvalue weighted by atomic mass is 10.1. The molecule has 1 amide bonds. The fourth-order valence-electron chi connectivity index (χ4n) is 2.93. The molecule has 0 heterocycles. The summed E-state index contributed by atoms with van der Waals surface area (Å²) in [6.45, 7) is -0.325. The van der Waals surface area contributed by atoms with E-state index in [4.69, 9.17) is 9.84 Å². The Morgan fingerprint density at radius 1 is 1.12 bits per heavy atom. The normalized spacial score (nSPS) is 18.7. The van der Waals surface area contributed by atoms with E-state index >= 15 is 0 Å². The van der Waals surface area contributed by atoms with Gasteiger partial charge in [0, 0.05) is 11.6 Å². The number of ether oxygens (including phenoxy) is 1. The van der Waals surface area contributed by atoms with Crippen molar-refractivity contribution < 1.29 is 19.4 Å². The molecule has 1 aliphatic rings. The minimum absolute atomic E-state index is 0.135. The molecular weight excluding hydrogens is 306 g/mol. The summed E-state index contributed by atoms with van der Waals surface area (Å²) in [6.07, 6.45) is 0.744. The van der Waals surface area contributed by atoms with Gasteiger partial charge in [-0.3, -0.25) is 9.59 Å². The molecule has 0 bridgehead atoms. The number of aliphatic carboxylic acids is 1. The first-order valence-electron chi connectivity index (χ1n) is 7.82. The van der Waals surface area contributed by atoms with Gasteiger partial charge >= 0.3 is 5.97 Å². The lowest BCUT2D eigenvalue weighted by Crippen LogP contribution is -2.37. The summed E-state index contributed by atoms with van der Waals surface area (Å²) in [4.78, 5) is 25.3. The highest BCUT2D eigenvalue weighted by molar-refractivity contribution is 6.00. The van der Waals surface area contributed by atoms with Gasteiger partial charge in [0.15, 0.2) is 0 Å². The van der Waals surface area contributed by atoms with Crippen LogP contribution in [0.1, 0.15) is 17.9 Å². The van der Waals surface area contributed by atoms with Crippen molar-refractivity contribution in [3.05, 3.63) is 60.2 Å². The average Bonchev–Trinajstić information content (AvgIpc) is 3.40. The summed E-state index contributed by atoms with van der Waals surface area (Å²) < 4.78 is 5.14. The third-order valence-corrected chi connectivity index (χ3v) is 4.28. The summed E-state index contributed by atoms with van der Waals surface area (Å²) in [7, 11) is 1.61. The number of hydrogen-bond donors (Lipinski definition) is 1. The van der Waals surface area contributed by atoms with E-state index in [-0.39, 0.29) is 24.3 Å². The predicted octanol–water partition coefficient (Wildman–Crippen LogP) is 2.92. The van der Waals surface area contributed by atoms with Crippen LogP contribution in [-0.2, 0) is 9.59 Å². The Morgan fingerprint density at radius 2 is 1.79 bits per heavy atom. The molecule has 2 aromatic carbocycles. The molecule has 0 radical (unpaired) electrons. The van der Waals surface area contributed by atoms with Gasteiger partial charge < -0.3 is 14.7 Å². The second-order valence-electron chi connectivity index (χ2n) is 5.88. The van der Waals surface area contributed by atoms with E-state index in [0.717, 1.165) is 17.7 Å². The van der Waals surface area contributed by atoms with Crippen LogP contribution in [0.3, 0.4) is 0 Å². The highest BCUT2D eigenvalue weighted by Crippen LogP contribution is 2.49. The average molecular weight is 325 g/mol. The van der Waals surface area contributed by atoms with E-state index in [1.165, 1.54) is 4.90 Å². The number of carboxylic acid groups (broad SMARTS) is 1. The standard InChI is InChI=1S/C19H19NO4/c1-24-15-9-7-13(8-10-15)16-11-17(16)19(23)20(12-18(21)22)14-5-3-2-4-6-14/h2-10,16-17H,11-12H2,1H3,(H,21,22)/t16-,17+/m0/s1. The van der Waals surface area contributed by atoms with E-state index in [0.29, 0.717) is 5.69 Å².